The molecule has 9 nitrogen and oxygen atoms in total. The van der Waals surface area contributed by atoms with Crippen LogP contribution in [0.5, 0.6) is 0 Å². The van der Waals surface area contributed by atoms with Crippen molar-refractivity contribution in [2.45, 2.75) is 13.1 Å². The molecule has 3 N–H and O–H groups in total. The Morgan fingerprint density at radius 2 is 2.24 bits per heavy atom. The Hall–Kier alpha value is -2.52. The second kappa shape index (κ2) is 5.85. The largest absolute Gasteiger partial charge is 0.476 e. The maximum Gasteiger partial charge on any atom is 0.358 e. The maximum atomic E-state index is 11.0. The van der Waals surface area contributed by atoms with Gasteiger partial charge in [0, 0.05) is 18.7 Å². The van der Waals surface area contributed by atoms with E-state index >= 15 is 0 Å². The number of halogens is 1. The van der Waals surface area contributed by atoms with Gasteiger partial charge in [0.1, 0.15) is 0 Å². The van der Waals surface area contributed by atoms with Gasteiger partial charge in [-0.15, -0.1) is 5.10 Å². The molecule has 0 radical (unpaired) electrons. The van der Waals surface area contributed by atoms with E-state index in [-0.39, 0.29) is 35.2 Å². The zero-order valence-corrected chi connectivity index (χ0v) is 11.3. The number of hydrogen-bond acceptors (Lipinski definition) is 6. The SMILES string of the molecule is NCc1c(C(=O)O)nnn1Cc1ccc([N+](=O)[O-])cc1Cl. The number of carboxylic acids is 1. The smallest absolute Gasteiger partial charge is 0.358 e. The molecule has 0 unspecified atom stereocenters. The van der Waals surface area contributed by atoms with E-state index in [0.29, 0.717) is 5.56 Å². The molecule has 0 bridgehead atoms. The van der Waals surface area contributed by atoms with Crippen molar-refractivity contribution in [3.8, 4) is 0 Å². The van der Waals surface area contributed by atoms with Gasteiger partial charge in [-0.2, -0.15) is 0 Å². The van der Waals surface area contributed by atoms with Gasteiger partial charge in [0.05, 0.1) is 22.2 Å². The fourth-order valence-corrected chi connectivity index (χ4v) is 2.00. The number of benzene rings is 1. The van der Waals surface area contributed by atoms with Gasteiger partial charge in [-0.3, -0.25) is 10.1 Å². The first-order chi connectivity index (χ1) is 9.93. The minimum Gasteiger partial charge on any atom is -0.476 e. The zero-order chi connectivity index (χ0) is 15.6. The molecule has 2 aromatic rings. The fraction of sp³-hybridized carbons (Fsp3) is 0.182. The number of nitro groups is 1. The van der Waals surface area contributed by atoms with Crippen molar-refractivity contribution in [3.05, 3.63) is 50.3 Å². The number of rotatable bonds is 5. The Morgan fingerprint density at radius 3 is 2.76 bits per heavy atom. The number of hydrogen-bond donors (Lipinski definition) is 2. The van der Waals surface area contributed by atoms with Crippen molar-refractivity contribution in [2.75, 3.05) is 0 Å². The summed E-state index contributed by atoms with van der Waals surface area (Å²) in [5.41, 5.74) is 5.93. The highest BCUT2D eigenvalue weighted by molar-refractivity contribution is 6.31. The van der Waals surface area contributed by atoms with E-state index in [1.807, 2.05) is 0 Å². The third kappa shape index (κ3) is 2.98. The van der Waals surface area contributed by atoms with E-state index in [4.69, 9.17) is 22.4 Å². The van der Waals surface area contributed by atoms with Gasteiger partial charge in [0.15, 0.2) is 5.69 Å². The van der Waals surface area contributed by atoms with Gasteiger partial charge in [0.2, 0.25) is 0 Å². The van der Waals surface area contributed by atoms with Crippen LogP contribution in [0.2, 0.25) is 5.02 Å². The molecule has 1 aromatic heterocycles. The summed E-state index contributed by atoms with van der Waals surface area (Å²) in [5, 5.41) is 27.0. The Morgan fingerprint density at radius 1 is 1.52 bits per heavy atom. The van der Waals surface area contributed by atoms with Crippen LogP contribution >= 0.6 is 11.6 Å². The molecule has 0 saturated heterocycles. The predicted molar refractivity (Wildman–Crippen MR) is 72.1 cm³/mol. The molecular weight excluding hydrogens is 302 g/mol. The van der Waals surface area contributed by atoms with Crippen LogP contribution in [0.15, 0.2) is 18.2 Å². The van der Waals surface area contributed by atoms with Gasteiger partial charge in [-0.05, 0) is 11.6 Å². The van der Waals surface area contributed by atoms with Crippen molar-refractivity contribution >= 4 is 23.3 Å². The third-order valence-electron chi connectivity index (χ3n) is 2.80. The molecule has 0 amide bonds. The van der Waals surface area contributed by atoms with Gasteiger partial charge >= 0.3 is 5.97 Å². The van der Waals surface area contributed by atoms with Crippen molar-refractivity contribution < 1.29 is 14.8 Å². The molecule has 0 aliphatic rings. The zero-order valence-electron chi connectivity index (χ0n) is 10.6. The molecular formula is C11H10ClN5O4. The Labute approximate surface area is 123 Å². The second-order valence-corrected chi connectivity index (χ2v) is 4.49. The first-order valence-corrected chi connectivity index (χ1v) is 6.10. The van der Waals surface area contributed by atoms with Crippen molar-refractivity contribution in [2.24, 2.45) is 5.73 Å². The first kappa shape index (κ1) is 14.9. The predicted octanol–water partition coefficient (Wildman–Crippen LogP) is 1.04. The number of aromatic nitrogens is 3. The highest BCUT2D eigenvalue weighted by atomic mass is 35.5. The number of non-ortho nitro benzene ring substituents is 1. The number of nitrogens with two attached hydrogens (primary N) is 1. The van der Waals surface area contributed by atoms with Crippen LogP contribution in [0.3, 0.4) is 0 Å². The van der Waals surface area contributed by atoms with Crippen LogP contribution in [-0.4, -0.2) is 31.0 Å². The number of nitro benzene ring substituents is 1. The van der Waals surface area contributed by atoms with Crippen LogP contribution in [0.4, 0.5) is 5.69 Å². The number of carboxylic acid groups (broad SMARTS) is 1. The van der Waals surface area contributed by atoms with Gasteiger partial charge in [-0.1, -0.05) is 16.8 Å². The summed E-state index contributed by atoms with van der Waals surface area (Å²) in [7, 11) is 0. The molecule has 1 aromatic carbocycles. The van der Waals surface area contributed by atoms with Crippen molar-refractivity contribution in [1.82, 2.24) is 15.0 Å². The number of carbonyl (C=O) groups is 1. The lowest BCUT2D eigenvalue weighted by molar-refractivity contribution is -0.384. The van der Waals surface area contributed by atoms with Crippen molar-refractivity contribution in [3.63, 3.8) is 0 Å². The Balaban J connectivity index is 2.34. The van der Waals surface area contributed by atoms with Crippen LogP contribution in [0.1, 0.15) is 21.7 Å². The molecule has 110 valence electrons. The molecule has 0 atom stereocenters. The quantitative estimate of drug-likeness (QED) is 0.621. The number of nitrogens with zero attached hydrogens (tertiary/aromatic N) is 4. The fourth-order valence-electron chi connectivity index (χ4n) is 1.77. The average molecular weight is 312 g/mol. The first-order valence-electron chi connectivity index (χ1n) is 5.72. The lowest BCUT2D eigenvalue weighted by Gasteiger charge is -2.07. The summed E-state index contributed by atoms with van der Waals surface area (Å²) in [4.78, 5) is 21.0. The average Bonchev–Trinajstić information content (AvgIpc) is 2.83. The lowest BCUT2D eigenvalue weighted by atomic mass is 10.2. The summed E-state index contributed by atoms with van der Waals surface area (Å²) in [6.07, 6.45) is 0. The molecule has 2 rings (SSSR count). The number of aromatic carboxylic acids is 1. The van der Waals surface area contributed by atoms with Crippen LogP contribution in [-0.2, 0) is 13.1 Å². The highest BCUT2D eigenvalue weighted by Crippen LogP contribution is 2.23. The minimum atomic E-state index is -1.23. The summed E-state index contributed by atoms with van der Waals surface area (Å²) in [6.45, 7) is 0.0584. The Bertz CT molecular complexity index is 715. The van der Waals surface area contributed by atoms with Crippen molar-refractivity contribution in [1.29, 1.82) is 0 Å². The molecule has 0 aliphatic carbocycles. The van der Waals surface area contributed by atoms with Gasteiger partial charge in [0.25, 0.3) is 5.69 Å². The lowest BCUT2D eigenvalue weighted by Crippen LogP contribution is -2.13. The van der Waals surface area contributed by atoms with E-state index in [0.717, 1.165) is 0 Å². The molecule has 0 aliphatic heterocycles. The van der Waals surface area contributed by atoms with Crippen LogP contribution in [0.25, 0.3) is 0 Å². The maximum absolute atomic E-state index is 11.0. The second-order valence-electron chi connectivity index (χ2n) is 4.08. The summed E-state index contributed by atoms with van der Waals surface area (Å²) in [6, 6.07) is 4.00. The Kier molecular flexibility index (Phi) is 4.15. The van der Waals surface area contributed by atoms with E-state index in [1.54, 1.807) is 0 Å². The van der Waals surface area contributed by atoms with E-state index in [9.17, 15) is 14.9 Å². The topological polar surface area (TPSA) is 137 Å². The third-order valence-corrected chi connectivity index (χ3v) is 3.15. The van der Waals surface area contributed by atoms with Crippen LogP contribution < -0.4 is 5.73 Å². The summed E-state index contributed by atoms with van der Waals surface area (Å²) >= 11 is 5.97. The molecule has 10 heteroatoms. The normalized spacial score (nSPS) is 10.6. The van der Waals surface area contributed by atoms with Gasteiger partial charge in [-0.25, -0.2) is 9.48 Å². The van der Waals surface area contributed by atoms with E-state index in [2.05, 4.69) is 10.3 Å². The van der Waals surface area contributed by atoms with E-state index in [1.165, 1.54) is 22.9 Å². The molecule has 0 fully saturated rings. The molecule has 21 heavy (non-hydrogen) atoms. The standard InChI is InChI=1S/C11H10ClN5O4/c12-8-3-7(17(20)21)2-1-6(8)5-16-9(4-13)10(11(18)19)14-15-16/h1-3H,4-5,13H2,(H,18,19). The minimum absolute atomic E-state index is 0.0563. The molecule has 0 spiro atoms. The summed E-state index contributed by atoms with van der Waals surface area (Å²) < 4.78 is 1.30. The van der Waals surface area contributed by atoms with Gasteiger partial charge < -0.3 is 10.8 Å². The molecule has 0 saturated carbocycles. The monoisotopic (exact) mass is 311 g/mol. The molecule has 1 heterocycles. The summed E-state index contributed by atoms with van der Waals surface area (Å²) in [5.74, 6) is -1.23. The van der Waals surface area contributed by atoms with E-state index < -0.39 is 10.9 Å². The van der Waals surface area contributed by atoms with Crippen LogP contribution in [0, 0.1) is 10.1 Å². The highest BCUT2D eigenvalue weighted by Gasteiger charge is 2.18.